The highest BCUT2D eigenvalue weighted by molar-refractivity contribution is 6.43. The molecule has 8 aliphatic heterocycles. The van der Waals surface area contributed by atoms with Gasteiger partial charge in [-0.15, -0.1) is 0 Å². The first-order valence-electron chi connectivity index (χ1n) is 41.4. The lowest BCUT2D eigenvalue weighted by Gasteiger charge is -2.39. The Kier molecular flexibility index (Phi) is 26.5. The van der Waals surface area contributed by atoms with Crippen LogP contribution in [0.2, 0.25) is 30.1 Å². The number of rotatable bonds is 19. The van der Waals surface area contributed by atoms with Gasteiger partial charge in [-0.25, -0.2) is 48.1 Å². The number of anilines is 10. The monoisotopic (exact) mass is 1820 g/mol. The number of ether oxygens (including phenoxy) is 4. The van der Waals surface area contributed by atoms with Crippen molar-refractivity contribution in [3.63, 3.8) is 0 Å². The molecule has 12 heterocycles. The van der Waals surface area contributed by atoms with E-state index in [1.165, 1.54) is 74.6 Å². The Hall–Kier alpha value is -10.9. The third-order valence-electron chi connectivity index (χ3n) is 25.0. The maximum atomic E-state index is 14.7. The fraction of sp³-hybridized carbons (Fsp3) is 0.382. The van der Waals surface area contributed by atoms with Crippen LogP contribution in [0.5, 0.6) is 23.0 Å². The predicted octanol–water partition coefficient (Wildman–Crippen LogP) is 19.1. The van der Waals surface area contributed by atoms with Gasteiger partial charge in [-0.3, -0.25) is 19.2 Å². The Labute approximate surface area is 748 Å². The van der Waals surface area contributed by atoms with E-state index in [0.717, 1.165) is 118 Å². The summed E-state index contributed by atoms with van der Waals surface area (Å²) in [6, 6.07) is 27.7. The molecule has 8 saturated heterocycles. The summed E-state index contributed by atoms with van der Waals surface area (Å²) >= 11 is 35.6. The molecule has 9 N–H and O–H groups in total. The van der Waals surface area contributed by atoms with E-state index in [1.54, 1.807) is 60.5 Å². The molecule has 0 radical (unpaired) electrons. The van der Waals surface area contributed by atoms with Gasteiger partial charge in [0.25, 0.3) is 5.56 Å². The molecule has 654 valence electrons. The number of nitrogens with zero attached hydrogens (tertiary/aromatic N) is 10. The average Bonchev–Trinajstić information content (AvgIpc) is 0.859. The molecule has 0 spiro atoms. The Bertz CT molecular complexity index is 6000. The number of aromatic nitrogens is 8. The van der Waals surface area contributed by atoms with Crippen LogP contribution < -0.4 is 67.0 Å². The summed E-state index contributed by atoms with van der Waals surface area (Å²) < 4.78 is 66.2. The molecule has 11 aromatic rings. The van der Waals surface area contributed by atoms with Crippen molar-refractivity contribution in [2.45, 2.75) is 189 Å². The number of nitrogens with one attached hydrogen (secondary N) is 9. The molecule has 0 saturated carbocycles. The number of fused-ring (bicyclic) bond motifs is 12. The van der Waals surface area contributed by atoms with Crippen molar-refractivity contribution in [2.75, 3.05) is 65.7 Å². The number of amides is 3. The lowest BCUT2D eigenvalue weighted by Crippen LogP contribution is -2.49. The van der Waals surface area contributed by atoms with E-state index in [-0.39, 0.29) is 113 Å². The fourth-order valence-corrected chi connectivity index (χ4v) is 20.4. The average molecular weight is 1830 g/mol. The molecule has 0 aliphatic carbocycles. The molecule has 27 nitrogen and oxygen atoms in total. The van der Waals surface area contributed by atoms with E-state index >= 15 is 0 Å². The maximum Gasteiger partial charge on any atom is 0.258 e. The summed E-state index contributed by atoms with van der Waals surface area (Å²) in [5.41, 5.74) is 6.16. The summed E-state index contributed by atoms with van der Waals surface area (Å²) in [4.78, 5) is 87.1. The van der Waals surface area contributed by atoms with Crippen LogP contribution >= 0.6 is 69.6 Å². The molecule has 4 aromatic heterocycles. The summed E-state index contributed by atoms with van der Waals surface area (Å²) in [5, 5.41) is 29.8. The fourth-order valence-electron chi connectivity index (χ4n) is 19.5. The van der Waals surface area contributed by atoms with E-state index in [9.17, 15) is 32.3 Å². The number of methoxy groups -OCH3 is 4. The second kappa shape index (κ2) is 37.7. The Balaban J connectivity index is 0.000000124. The minimum absolute atomic E-state index is 0.00151. The summed E-state index contributed by atoms with van der Waals surface area (Å²) in [6.07, 6.45) is 23.1. The van der Waals surface area contributed by atoms with Crippen molar-refractivity contribution >= 4 is 188 Å². The molecule has 8 aliphatic rings. The Morgan fingerprint density at radius 3 is 1.01 bits per heavy atom. The molecular weight excluding hydrogens is 1730 g/mol. The van der Waals surface area contributed by atoms with Crippen LogP contribution in [0.15, 0.2) is 128 Å². The molecule has 3 amide bonds. The number of H-pyrrole nitrogens is 1. The molecule has 36 heteroatoms. The number of carbonyl (C=O) groups excluding carboxylic acids is 3. The van der Waals surface area contributed by atoms with Gasteiger partial charge in [-0.2, -0.15) is 0 Å². The zero-order valence-electron chi connectivity index (χ0n) is 69.1. The van der Waals surface area contributed by atoms with Gasteiger partial charge in [0.1, 0.15) is 59.4 Å². The van der Waals surface area contributed by atoms with E-state index < -0.39 is 17.5 Å². The number of piperidine rings is 4. The molecule has 8 fully saturated rings. The zero-order chi connectivity index (χ0) is 87.8. The van der Waals surface area contributed by atoms with Crippen LogP contribution in [0.3, 0.4) is 0 Å². The third kappa shape index (κ3) is 18.6. The number of benzene rings is 7. The predicted molar refractivity (Wildman–Crippen MR) is 485 cm³/mol. The van der Waals surface area contributed by atoms with Crippen LogP contribution in [-0.2, 0) is 14.4 Å². The van der Waals surface area contributed by atoms with E-state index in [0.29, 0.717) is 109 Å². The van der Waals surface area contributed by atoms with Crippen molar-refractivity contribution in [1.82, 2.24) is 59.9 Å². The highest BCUT2D eigenvalue weighted by Crippen LogP contribution is 2.46. The van der Waals surface area contributed by atoms with Gasteiger partial charge in [0.2, 0.25) is 17.7 Å². The normalized spacial score (nSPS) is 22.4. The van der Waals surface area contributed by atoms with Crippen molar-refractivity contribution in [1.29, 1.82) is 0 Å². The third-order valence-corrected chi connectivity index (χ3v) is 27.3. The van der Waals surface area contributed by atoms with Crippen LogP contribution in [0.1, 0.15) is 117 Å². The van der Waals surface area contributed by atoms with Crippen LogP contribution in [-0.4, -0.2) is 173 Å². The second-order valence-corrected chi connectivity index (χ2v) is 34.9. The summed E-state index contributed by atoms with van der Waals surface area (Å²) in [5.74, 6) is 2.38. The van der Waals surface area contributed by atoms with Gasteiger partial charge in [-0.05, 0) is 169 Å². The van der Waals surface area contributed by atoms with Gasteiger partial charge in [0.05, 0.1) is 132 Å². The van der Waals surface area contributed by atoms with E-state index in [1.807, 2.05) is 51.1 Å². The summed E-state index contributed by atoms with van der Waals surface area (Å²) in [7, 11) is 6.47. The van der Waals surface area contributed by atoms with E-state index in [4.69, 9.17) is 88.6 Å². The number of hydrogen-bond donors (Lipinski definition) is 9. The first-order chi connectivity index (χ1) is 60.3. The van der Waals surface area contributed by atoms with Gasteiger partial charge >= 0.3 is 0 Å². The zero-order valence-corrected chi connectivity index (χ0v) is 73.6. The molecule has 9 atom stereocenters. The van der Waals surface area contributed by atoms with Gasteiger partial charge in [-0.1, -0.05) is 76.2 Å². The number of carbonyl (C=O) groups is 3. The van der Waals surface area contributed by atoms with Crippen molar-refractivity contribution in [2.24, 2.45) is 0 Å². The first kappa shape index (κ1) is 87.6. The molecule has 7 aromatic carbocycles. The van der Waals surface area contributed by atoms with Gasteiger partial charge in [0.15, 0.2) is 17.5 Å². The lowest BCUT2D eigenvalue weighted by atomic mass is 9.96. The molecular formula is C89H92Cl6F3N19O8. The summed E-state index contributed by atoms with van der Waals surface area (Å²) in [6.45, 7) is 6.95. The standard InChI is InChI=1S/C25H24Cl2FN5O2.C24H24Cl2FN5O2.C22H22Cl2FN5O.C18H22N4O3/c1-3-22(34)33-14-4-5-15(33)9-13(8-14)31-20-10-16-19(11-21(20)35-2)29-12-30-25(16)32-18-7-6-17(26)23(27)24(18)28;1-12(33)32-14-3-4-15(32)8-13(7-14)30-20-9-16-19(10-21(20)34-2)28-11-29-24(16)31-18-6-5-17(25)22(26)23(18)27;1-31-19-9-17-14(8-18(19)29-13-6-11-2-3-12(7-13)28-11)22(27-10-26-17)30-16-5-4-15(23)20(24)21(16)25;1-10(23)22-12-3-4-13(22)6-11(5-12)21-16-7-14-15(8-17(16)25-2)19-9-20-18(14)24/h3,6-7,10-15,31H,1,4-5,8-9H2,2H3,(H,29,30,32);5-6,9-11,13-15,30H,3-4,7-8H2,1-2H3,(H,28,29,31);4-5,8-13,28-29H,2-3,6-7H2,1H3,(H,26,27,30);7-9,11-13,21H,3-6H2,1-2H3,(H,19,20,24)/t13?,14-,15+;;;. The molecule has 19 rings (SSSR count). The topological polar surface area (TPSA) is 317 Å². The van der Waals surface area contributed by atoms with Crippen molar-refractivity contribution in [3.8, 4) is 23.0 Å². The van der Waals surface area contributed by atoms with Crippen molar-refractivity contribution < 1.29 is 46.5 Å². The Morgan fingerprint density at radius 2 is 0.704 bits per heavy atom. The molecule has 125 heavy (non-hydrogen) atoms. The van der Waals surface area contributed by atoms with Crippen LogP contribution in [0.25, 0.3) is 43.6 Å². The lowest BCUT2D eigenvalue weighted by molar-refractivity contribution is -0.134. The van der Waals surface area contributed by atoms with Crippen LogP contribution in [0.4, 0.5) is 70.4 Å². The first-order valence-corrected chi connectivity index (χ1v) is 43.7. The second-order valence-electron chi connectivity index (χ2n) is 32.6. The Morgan fingerprint density at radius 1 is 0.408 bits per heavy atom. The highest BCUT2D eigenvalue weighted by Gasteiger charge is 2.46. The number of halogens is 9. The smallest absolute Gasteiger partial charge is 0.258 e. The maximum absolute atomic E-state index is 14.7. The highest BCUT2D eigenvalue weighted by atomic mass is 35.5. The van der Waals surface area contributed by atoms with Crippen LogP contribution in [0, 0.1) is 17.5 Å². The minimum atomic E-state index is -0.658. The number of hydrogen-bond acceptors (Lipinski definition) is 23. The van der Waals surface area contributed by atoms with E-state index in [2.05, 4.69) is 89.0 Å². The number of aromatic amines is 1. The quantitative estimate of drug-likeness (QED) is 0.0268. The molecule has 7 unspecified atom stereocenters. The minimum Gasteiger partial charge on any atom is -0.495 e. The molecule has 8 bridgehead atoms. The van der Waals surface area contributed by atoms with Crippen molar-refractivity contribution in [3.05, 3.63) is 181 Å². The van der Waals surface area contributed by atoms with Gasteiger partial charge in [0, 0.05) is 127 Å². The largest absolute Gasteiger partial charge is 0.495 e. The SMILES string of the molecule is C=CC(=O)N1[C@@H]2CC[C@H]1CC(Nc1cc3c(Nc4ccc(Cl)c(Cl)c4F)ncnc3cc1OC)C2.COc1cc2nc[nH]c(=O)c2cc1NC1CC2CCC(C1)N2C(C)=O.COc1cc2ncnc(Nc3ccc(Cl)c(Cl)c3F)c2cc1NC1CC2CCC(C1)N2.COc1cc2ncnc(Nc3ccc(Cl)c(Cl)c3F)c2cc1NC1CC2CCC(C1)N2C(C)=O. The van der Waals surface area contributed by atoms with Gasteiger partial charge < -0.3 is 81.2 Å².